The molecule has 1 saturated carbocycles. The van der Waals surface area contributed by atoms with Crippen molar-refractivity contribution in [3.05, 3.63) is 29.8 Å². The van der Waals surface area contributed by atoms with Gasteiger partial charge in [-0.3, -0.25) is 9.20 Å². The number of rotatable bonds is 5. The fourth-order valence-electron chi connectivity index (χ4n) is 3.71. The lowest BCUT2D eigenvalue weighted by Crippen LogP contribution is -2.36. The molecule has 154 valence electrons. The summed E-state index contributed by atoms with van der Waals surface area (Å²) in [6.07, 6.45) is 2.22. The molecule has 0 spiro atoms. The summed E-state index contributed by atoms with van der Waals surface area (Å²) in [5.74, 6) is -0.583. The molecule has 2 aromatic heterocycles. The van der Waals surface area contributed by atoms with Gasteiger partial charge in [0.25, 0.3) is 0 Å². The zero-order valence-electron chi connectivity index (χ0n) is 16.1. The Hall–Kier alpha value is -2.12. The third kappa shape index (κ3) is 4.47. The summed E-state index contributed by atoms with van der Waals surface area (Å²) < 4.78 is 54.6. The van der Waals surface area contributed by atoms with Gasteiger partial charge in [-0.05, 0) is 24.5 Å². The monoisotopic (exact) mass is 399 g/mol. The van der Waals surface area contributed by atoms with Crippen LogP contribution in [-0.4, -0.2) is 21.5 Å². The highest BCUT2D eigenvalue weighted by Gasteiger charge is 2.48. The number of nitrogens with zero attached hydrogens (tertiary/aromatic N) is 2. The molecule has 0 radical (unpaired) electrons. The molecule has 0 aromatic carbocycles. The summed E-state index contributed by atoms with van der Waals surface area (Å²) in [6, 6.07) is 2.76. The molecule has 0 atom stereocenters. The number of nitrogens with one attached hydrogen (secondary N) is 1. The van der Waals surface area contributed by atoms with Crippen LogP contribution < -0.4 is 5.32 Å². The van der Waals surface area contributed by atoms with Gasteiger partial charge in [0.15, 0.2) is 5.82 Å². The predicted octanol–water partition coefficient (Wildman–Crippen LogP) is 5.51. The van der Waals surface area contributed by atoms with E-state index in [0.29, 0.717) is 23.7 Å². The molecular formula is C20H25F4N3O. The highest BCUT2D eigenvalue weighted by atomic mass is 19.4. The number of imidazole rings is 1. The van der Waals surface area contributed by atoms with E-state index in [1.165, 1.54) is 24.8 Å². The molecule has 2 aromatic rings. The Kier molecular flexibility index (Phi) is 5.68. The zero-order valence-corrected chi connectivity index (χ0v) is 16.1. The Morgan fingerprint density at radius 1 is 1.21 bits per heavy atom. The number of halogens is 4. The van der Waals surface area contributed by atoms with Gasteiger partial charge < -0.3 is 5.32 Å². The molecule has 2 heterocycles. The first kappa shape index (κ1) is 20.6. The van der Waals surface area contributed by atoms with Crippen molar-refractivity contribution in [2.24, 2.45) is 11.3 Å². The summed E-state index contributed by atoms with van der Waals surface area (Å²) >= 11 is 0. The standard InChI is InChI=1S/C20H25F4N3O/c1-19(2,20(22,23)24)11-17(28)26-18-15(10-13-6-4-3-5-7-13)27-12-14(21)8-9-16(27)25-18/h8-9,12-13H,3-7,10-11H2,1-2H3,(H,26,28). The maximum atomic E-state index is 13.8. The highest BCUT2D eigenvalue weighted by Crippen LogP contribution is 2.40. The van der Waals surface area contributed by atoms with Gasteiger partial charge in [0, 0.05) is 12.6 Å². The third-order valence-corrected chi connectivity index (χ3v) is 5.52. The lowest BCUT2D eigenvalue weighted by atomic mass is 9.86. The number of hydrogen-bond acceptors (Lipinski definition) is 2. The van der Waals surface area contributed by atoms with Gasteiger partial charge in [-0.1, -0.05) is 46.0 Å². The average Bonchev–Trinajstić information content (AvgIpc) is 2.91. The van der Waals surface area contributed by atoms with Crippen LogP contribution in [0.25, 0.3) is 5.65 Å². The number of aromatic nitrogens is 2. The Morgan fingerprint density at radius 3 is 2.54 bits per heavy atom. The second kappa shape index (κ2) is 7.72. The summed E-state index contributed by atoms with van der Waals surface area (Å²) in [6.45, 7) is 1.99. The minimum Gasteiger partial charge on any atom is -0.309 e. The molecule has 3 rings (SSSR count). The van der Waals surface area contributed by atoms with E-state index < -0.39 is 29.7 Å². The van der Waals surface area contributed by atoms with Crippen molar-refractivity contribution in [1.82, 2.24) is 9.38 Å². The van der Waals surface area contributed by atoms with Crippen molar-refractivity contribution in [2.45, 2.75) is 65.0 Å². The first-order valence-electron chi connectivity index (χ1n) is 9.60. The van der Waals surface area contributed by atoms with Crippen molar-refractivity contribution in [2.75, 3.05) is 5.32 Å². The number of hydrogen-bond donors (Lipinski definition) is 1. The Morgan fingerprint density at radius 2 is 1.89 bits per heavy atom. The van der Waals surface area contributed by atoms with Gasteiger partial charge in [-0.15, -0.1) is 0 Å². The van der Waals surface area contributed by atoms with E-state index in [1.54, 1.807) is 4.40 Å². The lowest BCUT2D eigenvalue weighted by Gasteiger charge is -2.26. The normalized spacial score (nSPS) is 16.5. The number of anilines is 1. The first-order chi connectivity index (χ1) is 13.1. The third-order valence-electron chi connectivity index (χ3n) is 5.52. The number of fused-ring (bicyclic) bond motifs is 1. The number of alkyl halides is 3. The molecule has 0 bridgehead atoms. The quantitative estimate of drug-likeness (QED) is 0.674. The molecular weight excluding hydrogens is 374 g/mol. The average molecular weight is 399 g/mol. The summed E-state index contributed by atoms with van der Waals surface area (Å²) in [7, 11) is 0. The van der Waals surface area contributed by atoms with E-state index in [2.05, 4.69) is 10.3 Å². The Balaban J connectivity index is 1.87. The van der Waals surface area contributed by atoms with Crippen LogP contribution in [-0.2, 0) is 11.2 Å². The van der Waals surface area contributed by atoms with E-state index in [4.69, 9.17) is 0 Å². The van der Waals surface area contributed by atoms with E-state index in [9.17, 15) is 22.4 Å². The summed E-state index contributed by atoms with van der Waals surface area (Å²) in [5, 5.41) is 2.54. The molecule has 1 aliphatic rings. The topological polar surface area (TPSA) is 46.4 Å². The van der Waals surface area contributed by atoms with Crippen LogP contribution in [0.3, 0.4) is 0 Å². The molecule has 1 amide bonds. The minimum absolute atomic E-state index is 0.221. The van der Waals surface area contributed by atoms with Gasteiger partial charge in [0.1, 0.15) is 11.5 Å². The van der Waals surface area contributed by atoms with Gasteiger partial charge in [-0.25, -0.2) is 9.37 Å². The Labute approximate surface area is 161 Å². The van der Waals surface area contributed by atoms with Crippen LogP contribution in [0.1, 0.15) is 58.1 Å². The van der Waals surface area contributed by atoms with Gasteiger partial charge in [0.05, 0.1) is 11.1 Å². The van der Waals surface area contributed by atoms with Crippen molar-refractivity contribution in [3.8, 4) is 0 Å². The van der Waals surface area contributed by atoms with Crippen molar-refractivity contribution in [3.63, 3.8) is 0 Å². The van der Waals surface area contributed by atoms with Gasteiger partial charge in [-0.2, -0.15) is 13.2 Å². The maximum Gasteiger partial charge on any atom is 0.394 e. The predicted molar refractivity (Wildman–Crippen MR) is 98.5 cm³/mol. The van der Waals surface area contributed by atoms with Crippen LogP contribution in [0.15, 0.2) is 18.3 Å². The largest absolute Gasteiger partial charge is 0.394 e. The highest BCUT2D eigenvalue weighted by molar-refractivity contribution is 5.91. The first-order valence-corrected chi connectivity index (χ1v) is 9.60. The number of carbonyl (C=O) groups is 1. The number of pyridine rings is 1. The van der Waals surface area contributed by atoms with Crippen LogP contribution in [0.2, 0.25) is 0 Å². The van der Waals surface area contributed by atoms with E-state index in [-0.39, 0.29) is 5.82 Å². The molecule has 1 aliphatic carbocycles. The SMILES string of the molecule is CC(C)(CC(=O)Nc1nc2ccc(F)cn2c1CC1CCCCC1)C(F)(F)F. The van der Waals surface area contributed by atoms with Crippen LogP contribution >= 0.6 is 0 Å². The zero-order chi connectivity index (χ0) is 20.5. The number of amides is 1. The second-order valence-corrected chi connectivity index (χ2v) is 8.30. The second-order valence-electron chi connectivity index (χ2n) is 8.30. The molecule has 0 unspecified atom stereocenters. The van der Waals surface area contributed by atoms with Crippen molar-refractivity contribution in [1.29, 1.82) is 0 Å². The lowest BCUT2D eigenvalue weighted by molar-refractivity contribution is -0.213. The van der Waals surface area contributed by atoms with Gasteiger partial charge in [0.2, 0.25) is 5.91 Å². The Bertz CT molecular complexity index is 851. The molecule has 28 heavy (non-hydrogen) atoms. The van der Waals surface area contributed by atoms with Gasteiger partial charge >= 0.3 is 6.18 Å². The fourth-order valence-corrected chi connectivity index (χ4v) is 3.71. The molecule has 0 aliphatic heterocycles. The van der Waals surface area contributed by atoms with Crippen molar-refractivity contribution < 1.29 is 22.4 Å². The molecule has 8 heteroatoms. The van der Waals surface area contributed by atoms with Crippen LogP contribution in [0, 0.1) is 17.2 Å². The maximum absolute atomic E-state index is 13.8. The van der Waals surface area contributed by atoms with Crippen molar-refractivity contribution >= 4 is 17.4 Å². The minimum atomic E-state index is -4.49. The van der Waals surface area contributed by atoms with E-state index in [1.807, 2.05) is 0 Å². The molecule has 1 N–H and O–H groups in total. The molecule has 0 saturated heterocycles. The smallest absolute Gasteiger partial charge is 0.309 e. The molecule has 4 nitrogen and oxygen atoms in total. The van der Waals surface area contributed by atoms with E-state index >= 15 is 0 Å². The summed E-state index contributed by atoms with van der Waals surface area (Å²) in [4.78, 5) is 16.7. The fraction of sp³-hybridized carbons (Fsp3) is 0.600. The van der Waals surface area contributed by atoms with Crippen LogP contribution in [0.4, 0.5) is 23.4 Å². The summed E-state index contributed by atoms with van der Waals surface area (Å²) in [5.41, 5.74) is -1.05. The number of carbonyl (C=O) groups excluding carboxylic acids is 1. The van der Waals surface area contributed by atoms with E-state index in [0.717, 1.165) is 39.5 Å². The van der Waals surface area contributed by atoms with Crippen LogP contribution in [0.5, 0.6) is 0 Å². The molecule has 1 fully saturated rings.